The molecule has 86 valence electrons. The quantitative estimate of drug-likeness (QED) is 0.804. The first-order valence-corrected chi connectivity index (χ1v) is 5.79. The first-order chi connectivity index (χ1) is 8.45. The summed E-state index contributed by atoms with van der Waals surface area (Å²) < 4.78 is 0. The number of anilines is 2. The van der Waals surface area contributed by atoms with Gasteiger partial charge in [-0.1, -0.05) is 18.2 Å². The zero-order valence-electron chi connectivity index (χ0n) is 9.50. The molecule has 4 heteroatoms. The van der Waals surface area contributed by atoms with Gasteiger partial charge >= 0.3 is 0 Å². The van der Waals surface area contributed by atoms with E-state index in [-0.39, 0.29) is 0 Å². The monoisotopic (exact) mass is 226 g/mol. The number of nitrogens with zero attached hydrogens (tertiary/aromatic N) is 3. The summed E-state index contributed by atoms with van der Waals surface area (Å²) in [6.07, 6.45) is 1.70. The molecule has 4 nitrogen and oxygen atoms in total. The van der Waals surface area contributed by atoms with Crippen molar-refractivity contribution in [1.82, 2.24) is 15.5 Å². The number of aromatic nitrogens is 2. The molecule has 2 heterocycles. The molecule has 1 aliphatic rings. The summed E-state index contributed by atoms with van der Waals surface area (Å²) in [5.41, 5.74) is 2.52. The first kappa shape index (κ1) is 10.2. The lowest BCUT2D eigenvalue weighted by Crippen LogP contribution is -2.25. The summed E-state index contributed by atoms with van der Waals surface area (Å²) in [5.74, 6) is 0.906. The minimum atomic E-state index is 0.906. The number of benzene rings is 1. The molecule has 1 aromatic carbocycles. The molecular weight excluding hydrogens is 212 g/mol. The summed E-state index contributed by atoms with van der Waals surface area (Å²) in [6.45, 7) is 2.77. The number of hydrogen-bond donors (Lipinski definition) is 1. The highest BCUT2D eigenvalue weighted by Gasteiger charge is 2.16. The Hall–Kier alpha value is -1.94. The Kier molecular flexibility index (Phi) is 2.71. The maximum absolute atomic E-state index is 4.19. The molecule has 1 N–H and O–H groups in total. The molecular formula is C13H14N4. The van der Waals surface area contributed by atoms with Crippen molar-refractivity contribution < 1.29 is 0 Å². The molecule has 0 bridgehead atoms. The summed E-state index contributed by atoms with van der Waals surface area (Å²) >= 11 is 0. The molecule has 0 saturated heterocycles. The molecule has 0 fully saturated rings. The van der Waals surface area contributed by atoms with E-state index < -0.39 is 0 Å². The molecule has 0 atom stereocenters. The molecule has 1 aromatic heterocycles. The van der Waals surface area contributed by atoms with Gasteiger partial charge in [-0.25, -0.2) is 0 Å². The topological polar surface area (TPSA) is 41.1 Å². The van der Waals surface area contributed by atoms with E-state index in [0.717, 1.165) is 25.5 Å². The van der Waals surface area contributed by atoms with Crippen LogP contribution in [-0.2, 0) is 6.54 Å². The van der Waals surface area contributed by atoms with Gasteiger partial charge in [-0.05, 0) is 23.8 Å². The second kappa shape index (κ2) is 4.51. The average Bonchev–Trinajstić information content (AvgIpc) is 2.62. The van der Waals surface area contributed by atoms with Crippen molar-refractivity contribution in [3.05, 3.63) is 48.2 Å². The number of fused-ring (bicyclic) bond motifs is 1. The molecule has 0 radical (unpaired) electrons. The SMILES string of the molecule is c1cnnc(N2CCNCc3ccccc32)c1. The Morgan fingerprint density at radius 3 is 2.94 bits per heavy atom. The highest BCUT2D eigenvalue weighted by molar-refractivity contribution is 5.64. The average molecular weight is 226 g/mol. The molecule has 0 aliphatic carbocycles. The van der Waals surface area contributed by atoms with Crippen molar-refractivity contribution >= 4 is 11.5 Å². The third-order valence-electron chi connectivity index (χ3n) is 2.94. The fourth-order valence-electron chi connectivity index (χ4n) is 2.13. The van der Waals surface area contributed by atoms with Crippen molar-refractivity contribution in [2.75, 3.05) is 18.0 Å². The number of hydrogen-bond acceptors (Lipinski definition) is 4. The van der Waals surface area contributed by atoms with Crippen LogP contribution in [-0.4, -0.2) is 23.3 Å². The van der Waals surface area contributed by atoms with E-state index in [1.54, 1.807) is 6.20 Å². The molecule has 2 aromatic rings. The maximum Gasteiger partial charge on any atom is 0.155 e. The van der Waals surface area contributed by atoms with Crippen LogP contribution in [0.5, 0.6) is 0 Å². The van der Waals surface area contributed by atoms with Gasteiger partial charge in [0.2, 0.25) is 0 Å². The lowest BCUT2D eigenvalue weighted by atomic mass is 10.1. The van der Waals surface area contributed by atoms with E-state index in [4.69, 9.17) is 0 Å². The third-order valence-corrected chi connectivity index (χ3v) is 2.94. The predicted octanol–water partition coefficient (Wildman–Crippen LogP) is 1.72. The molecule has 0 spiro atoms. The Bertz CT molecular complexity index is 498. The van der Waals surface area contributed by atoms with Crippen LogP contribution < -0.4 is 10.2 Å². The van der Waals surface area contributed by atoms with Crippen LogP contribution in [0.1, 0.15) is 5.56 Å². The zero-order valence-corrected chi connectivity index (χ0v) is 9.50. The highest BCUT2D eigenvalue weighted by Crippen LogP contribution is 2.27. The van der Waals surface area contributed by atoms with E-state index in [2.05, 4.69) is 44.7 Å². The van der Waals surface area contributed by atoms with Gasteiger partial charge in [-0.15, -0.1) is 5.10 Å². The smallest absolute Gasteiger partial charge is 0.155 e. The van der Waals surface area contributed by atoms with Crippen molar-refractivity contribution in [2.24, 2.45) is 0 Å². The molecule has 3 rings (SSSR count). The van der Waals surface area contributed by atoms with Crippen molar-refractivity contribution in [3.8, 4) is 0 Å². The van der Waals surface area contributed by atoms with Crippen LogP contribution >= 0.6 is 0 Å². The van der Waals surface area contributed by atoms with E-state index >= 15 is 0 Å². The fraction of sp³-hybridized carbons (Fsp3) is 0.231. The summed E-state index contributed by atoms with van der Waals surface area (Å²) in [7, 11) is 0. The minimum Gasteiger partial charge on any atom is -0.323 e. The van der Waals surface area contributed by atoms with Crippen LogP contribution in [0.25, 0.3) is 0 Å². The molecule has 0 amide bonds. The van der Waals surface area contributed by atoms with Gasteiger partial charge in [0.05, 0.1) is 0 Å². The Labute approximate surface area is 100 Å². The largest absolute Gasteiger partial charge is 0.323 e. The molecule has 1 aliphatic heterocycles. The van der Waals surface area contributed by atoms with Gasteiger partial charge in [-0.3, -0.25) is 0 Å². The summed E-state index contributed by atoms with van der Waals surface area (Å²) in [6, 6.07) is 12.3. The summed E-state index contributed by atoms with van der Waals surface area (Å²) in [5, 5.41) is 11.6. The Morgan fingerprint density at radius 2 is 2.06 bits per heavy atom. The van der Waals surface area contributed by atoms with Gasteiger partial charge in [0.15, 0.2) is 5.82 Å². The van der Waals surface area contributed by atoms with Gasteiger partial charge in [-0.2, -0.15) is 5.10 Å². The van der Waals surface area contributed by atoms with Crippen LogP contribution in [0.2, 0.25) is 0 Å². The van der Waals surface area contributed by atoms with Crippen molar-refractivity contribution in [2.45, 2.75) is 6.54 Å². The molecule has 17 heavy (non-hydrogen) atoms. The van der Waals surface area contributed by atoms with Crippen LogP contribution in [0, 0.1) is 0 Å². The zero-order chi connectivity index (χ0) is 11.5. The second-order valence-corrected chi connectivity index (χ2v) is 4.04. The van der Waals surface area contributed by atoms with Gasteiger partial charge in [0, 0.05) is 31.5 Å². The van der Waals surface area contributed by atoms with E-state index in [1.165, 1.54) is 11.3 Å². The number of nitrogens with one attached hydrogen (secondary N) is 1. The van der Waals surface area contributed by atoms with Crippen LogP contribution in [0.4, 0.5) is 11.5 Å². The number of rotatable bonds is 1. The molecule has 0 saturated carbocycles. The summed E-state index contributed by atoms with van der Waals surface area (Å²) in [4.78, 5) is 2.21. The maximum atomic E-state index is 4.19. The van der Waals surface area contributed by atoms with E-state index in [1.807, 2.05) is 12.1 Å². The third kappa shape index (κ3) is 1.99. The van der Waals surface area contributed by atoms with Crippen LogP contribution in [0.15, 0.2) is 42.6 Å². The molecule has 0 unspecified atom stereocenters. The second-order valence-electron chi connectivity index (χ2n) is 4.04. The minimum absolute atomic E-state index is 0.906. The normalized spacial score (nSPS) is 15.2. The lowest BCUT2D eigenvalue weighted by molar-refractivity contribution is 0.710. The van der Waals surface area contributed by atoms with Crippen molar-refractivity contribution in [1.29, 1.82) is 0 Å². The predicted molar refractivity (Wildman–Crippen MR) is 67.2 cm³/mol. The van der Waals surface area contributed by atoms with Gasteiger partial charge < -0.3 is 10.2 Å². The van der Waals surface area contributed by atoms with Gasteiger partial charge in [0.1, 0.15) is 0 Å². The highest BCUT2D eigenvalue weighted by atomic mass is 15.3. The fourth-order valence-corrected chi connectivity index (χ4v) is 2.13. The lowest BCUT2D eigenvalue weighted by Gasteiger charge is -2.22. The Balaban J connectivity index is 2.06. The first-order valence-electron chi connectivity index (χ1n) is 5.79. The van der Waals surface area contributed by atoms with Gasteiger partial charge in [0.25, 0.3) is 0 Å². The van der Waals surface area contributed by atoms with Crippen molar-refractivity contribution in [3.63, 3.8) is 0 Å². The Morgan fingerprint density at radius 1 is 1.12 bits per heavy atom. The van der Waals surface area contributed by atoms with Crippen LogP contribution in [0.3, 0.4) is 0 Å². The van der Waals surface area contributed by atoms with E-state index in [0.29, 0.717) is 0 Å². The number of para-hydroxylation sites is 1. The standard InChI is InChI=1S/C13H14N4/c1-2-5-12-11(4-1)10-14-8-9-17(12)13-6-3-7-15-16-13/h1-7,14H,8-10H2. The van der Waals surface area contributed by atoms with E-state index in [9.17, 15) is 0 Å².